The second kappa shape index (κ2) is 9.87. The summed E-state index contributed by atoms with van der Waals surface area (Å²) in [4.78, 5) is 15.3. The molecule has 35 heavy (non-hydrogen) atoms. The maximum Gasteiger partial charge on any atom is 0.243 e. The Morgan fingerprint density at radius 3 is 2.40 bits per heavy atom. The van der Waals surface area contributed by atoms with E-state index in [4.69, 9.17) is 11.6 Å². The van der Waals surface area contributed by atoms with Gasteiger partial charge in [-0.25, -0.2) is 18.4 Å². The van der Waals surface area contributed by atoms with E-state index < -0.39 is 10.0 Å². The second-order valence-electron chi connectivity index (χ2n) is 8.38. The Balaban J connectivity index is 1.37. The number of aliphatic hydroxyl groups excluding tert-OH is 1. The number of fused-ring (bicyclic) bond motifs is 1. The van der Waals surface area contributed by atoms with E-state index in [9.17, 15) is 13.5 Å². The molecule has 1 aliphatic rings. The number of anilines is 1. The first-order valence-corrected chi connectivity index (χ1v) is 13.1. The van der Waals surface area contributed by atoms with Crippen molar-refractivity contribution in [2.24, 2.45) is 0 Å². The summed E-state index contributed by atoms with van der Waals surface area (Å²) >= 11 is 6.06. The molecule has 0 bridgehead atoms. The van der Waals surface area contributed by atoms with Crippen LogP contribution in [-0.2, 0) is 10.0 Å². The molecule has 180 valence electrons. The van der Waals surface area contributed by atoms with Crippen molar-refractivity contribution in [3.8, 4) is 11.1 Å². The fourth-order valence-corrected chi connectivity index (χ4v) is 6.06. The zero-order valence-corrected chi connectivity index (χ0v) is 20.4. The molecule has 0 spiro atoms. The summed E-state index contributed by atoms with van der Waals surface area (Å²) in [5, 5.41) is 12.0. The molecule has 1 N–H and O–H groups in total. The summed E-state index contributed by atoms with van der Waals surface area (Å²) in [6.07, 6.45) is 7.32. The number of hydrogen-bond donors (Lipinski definition) is 1. The number of hydrogen-bond acceptors (Lipinski definition) is 7. The Hall–Kier alpha value is -3.11. The molecule has 10 heteroatoms. The molecule has 4 aromatic rings. The lowest BCUT2D eigenvalue weighted by Gasteiger charge is -2.40. The van der Waals surface area contributed by atoms with E-state index in [0.29, 0.717) is 30.5 Å². The molecule has 2 aromatic heterocycles. The highest BCUT2D eigenvalue weighted by atomic mass is 35.5. The summed E-state index contributed by atoms with van der Waals surface area (Å²) in [5.74, 6) is 0.515. The normalized spacial score (nSPS) is 17.1. The number of benzene rings is 2. The molecule has 1 saturated heterocycles. The number of piperazine rings is 1. The van der Waals surface area contributed by atoms with Crippen molar-refractivity contribution in [3.05, 3.63) is 78.3 Å². The molecule has 8 nitrogen and oxygen atoms in total. The molecule has 0 amide bonds. The van der Waals surface area contributed by atoms with Gasteiger partial charge in [-0.1, -0.05) is 23.7 Å². The molecular weight excluding hydrogens is 486 g/mol. The Morgan fingerprint density at radius 1 is 0.943 bits per heavy atom. The predicted molar refractivity (Wildman–Crippen MR) is 136 cm³/mol. The van der Waals surface area contributed by atoms with E-state index in [0.717, 1.165) is 21.9 Å². The molecule has 0 aliphatic carbocycles. The number of aliphatic hydroxyl groups is 1. The predicted octanol–water partition coefficient (Wildman–Crippen LogP) is 3.61. The van der Waals surface area contributed by atoms with Gasteiger partial charge in [0.2, 0.25) is 16.0 Å². The molecule has 0 radical (unpaired) electrons. The highest BCUT2D eigenvalue weighted by Crippen LogP contribution is 2.28. The van der Waals surface area contributed by atoms with Crippen LogP contribution in [0.25, 0.3) is 21.9 Å². The molecular formula is C25H24ClN5O3S. The van der Waals surface area contributed by atoms with E-state index in [2.05, 4.69) is 15.0 Å². The van der Waals surface area contributed by atoms with Gasteiger partial charge in [0, 0.05) is 67.7 Å². The van der Waals surface area contributed by atoms with Crippen LogP contribution in [0.4, 0.5) is 5.95 Å². The standard InChI is InChI=1S/C25H24ClN5O3S/c26-22-3-1-20-14-24(4-2-19(20)13-22)35(33,34)30-10-11-31(23(17-30)7-12-32)25-28-15-21(16-29-25)18-5-8-27-9-6-18/h1-6,8-9,13-16,23,32H,7,10-12,17H2. The third-order valence-corrected chi connectivity index (χ3v) is 8.32. The van der Waals surface area contributed by atoms with Gasteiger partial charge >= 0.3 is 0 Å². The molecule has 1 aliphatic heterocycles. The largest absolute Gasteiger partial charge is 0.396 e. The maximum atomic E-state index is 13.5. The second-order valence-corrected chi connectivity index (χ2v) is 10.8. The lowest BCUT2D eigenvalue weighted by Crippen LogP contribution is -2.55. The van der Waals surface area contributed by atoms with Gasteiger partial charge in [-0.05, 0) is 59.2 Å². The fraction of sp³-hybridized carbons (Fsp3) is 0.240. The van der Waals surface area contributed by atoms with Gasteiger partial charge in [0.15, 0.2) is 0 Å². The zero-order chi connectivity index (χ0) is 24.4. The monoisotopic (exact) mass is 509 g/mol. The van der Waals surface area contributed by atoms with Gasteiger partial charge in [0.1, 0.15) is 0 Å². The summed E-state index contributed by atoms with van der Waals surface area (Å²) in [7, 11) is -3.72. The highest BCUT2D eigenvalue weighted by Gasteiger charge is 2.35. The SMILES string of the molecule is O=S(=O)(c1ccc2cc(Cl)ccc2c1)N1CCN(c2ncc(-c3ccncc3)cn2)C(CCO)C1. The number of rotatable bonds is 6. The molecule has 3 heterocycles. The van der Waals surface area contributed by atoms with E-state index >= 15 is 0 Å². The third kappa shape index (κ3) is 4.85. The molecule has 1 atom stereocenters. The van der Waals surface area contributed by atoms with Gasteiger partial charge in [0.25, 0.3) is 0 Å². The van der Waals surface area contributed by atoms with E-state index in [1.54, 1.807) is 49.1 Å². The fourth-order valence-electron chi connectivity index (χ4n) is 4.37. The van der Waals surface area contributed by atoms with Crippen molar-refractivity contribution in [2.45, 2.75) is 17.4 Å². The topological polar surface area (TPSA) is 99.5 Å². The first-order valence-electron chi connectivity index (χ1n) is 11.2. The van der Waals surface area contributed by atoms with E-state index in [-0.39, 0.29) is 24.1 Å². The quantitative estimate of drug-likeness (QED) is 0.424. The van der Waals surface area contributed by atoms with Crippen LogP contribution < -0.4 is 4.90 Å². The van der Waals surface area contributed by atoms with Crippen LogP contribution in [0.15, 0.2) is 78.2 Å². The van der Waals surface area contributed by atoms with Crippen molar-refractivity contribution in [3.63, 3.8) is 0 Å². The Labute approximate surface area is 208 Å². The van der Waals surface area contributed by atoms with Gasteiger partial charge in [0.05, 0.1) is 4.90 Å². The van der Waals surface area contributed by atoms with Crippen molar-refractivity contribution < 1.29 is 13.5 Å². The molecule has 2 aromatic carbocycles. The summed E-state index contributed by atoms with van der Waals surface area (Å²) in [6.45, 7) is 0.873. The van der Waals surface area contributed by atoms with Crippen LogP contribution in [-0.4, -0.2) is 65.1 Å². The lowest BCUT2D eigenvalue weighted by molar-refractivity contribution is 0.244. The average Bonchev–Trinajstić information content (AvgIpc) is 2.89. The van der Waals surface area contributed by atoms with Crippen molar-refractivity contribution >= 4 is 38.3 Å². The Kier molecular flexibility index (Phi) is 6.66. The Bertz CT molecular complexity index is 1430. The molecule has 0 saturated carbocycles. The van der Waals surface area contributed by atoms with Gasteiger partial charge in [-0.2, -0.15) is 4.31 Å². The summed E-state index contributed by atoms with van der Waals surface area (Å²) in [6, 6.07) is 14.0. The molecule has 1 fully saturated rings. The summed E-state index contributed by atoms with van der Waals surface area (Å²) in [5.41, 5.74) is 1.83. The number of aromatic nitrogens is 3. The van der Waals surface area contributed by atoms with Crippen LogP contribution in [0.2, 0.25) is 5.02 Å². The van der Waals surface area contributed by atoms with E-state index in [1.165, 1.54) is 4.31 Å². The lowest BCUT2D eigenvalue weighted by atomic mass is 10.1. The van der Waals surface area contributed by atoms with E-state index in [1.807, 2.05) is 29.2 Å². The maximum absolute atomic E-state index is 13.5. The number of pyridine rings is 1. The number of nitrogens with zero attached hydrogens (tertiary/aromatic N) is 5. The van der Waals surface area contributed by atoms with Crippen LogP contribution in [0.1, 0.15) is 6.42 Å². The first-order chi connectivity index (χ1) is 17.0. The Morgan fingerprint density at radius 2 is 1.66 bits per heavy atom. The van der Waals surface area contributed by atoms with Crippen LogP contribution in [0.3, 0.4) is 0 Å². The van der Waals surface area contributed by atoms with Gasteiger partial charge < -0.3 is 10.0 Å². The highest BCUT2D eigenvalue weighted by molar-refractivity contribution is 7.89. The van der Waals surface area contributed by atoms with Gasteiger partial charge in [-0.3, -0.25) is 4.98 Å². The average molecular weight is 510 g/mol. The van der Waals surface area contributed by atoms with Crippen LogP contribution in [0.5, 0.6) is 0 Å². The molecule has 5 rings (SSSR count). The van der Waals surface area contributed by atoms with Crippen molar-refractivity contribution in [2.75, 3.05) is 31.1 Å². The van der Waals surface area contributed by atoms with Crippen LogP contribution in [0, 0.1) is 0 Å². The number of sulfonamides is 1. The number of halogens is 1. The first kappa shape index (κ1) is 23.6. The van der Waals surface area contributed by atoms with Gasteiger partial charge in [-0.15, -0.1) is 0 Å². The minimum Gasteiger partial charge on any atom is -0.396 e. The van der Waals surface area contributed by atoms with Crippen molar-refractivity contribution in [1.29, 1.82) is 0 Å². The minimum absolute atomic E-state index is 0.0686. The zero-order valence-electron chi connectivity index (χ0n) is 18.8. The minimum atomic E-state index is -3.72. The summed E-state index contributed by atoms with van der Waals surface area (Å²) < 4.78 is 28.4. The van der Waals surface area contributed by atoms with Crippen molar-refractivity contribution in [1.82, 2.24) is 19.3 Å². The van der Waals surface area contributed by atoms with Crippen LogP contribution >= 0.6 is 11.6 Å². The smallest absolute Gasteiger partial charge is 0.243 e. The molecule has 1 unspecified atom stereocenters. The third-order valence-electron chi connectivity index (χ3n) is 6.23.